The van der Waals surface area contributed by atoms with Gasteiger partial charge in [0.15, 0.2) is 0 Å². The van der Waals surface area contributed by atoms with Gasteiger partial charge in [-0.05, 0) is 66.6 Å². The molecule has 0 fully saturated rings. The highest BCUT2D eigenvalue weighted by Crippen LogP contribution is 2.53. The maximum absolute atomic E-state index is 13.2. The third-order valence-corrected chi connectivity index (χ3v) is 9.28. The minimum atomic E-state index is -0.555. The molecule has 2 heteroatoms. The highest BCUT2D eigenvalue weighted by atomic mass is 16.2. The van der Waals surface area contributed by atoms with Crippen LogP contribution in [0.4, 0.5) is 5.69 Å². The van der Waals surface area contributed by atoms with Crippen LogP contribution in [0.2, 0.25) is 0 Å². The summed E-state index contributed by atoms with van der Waals surface area (Å²) in [6.07, 6.45) is 0.814. The Hall–Kier alpha value is -4.43. The first-order chi connectivity index (χ1) is 20.2. The summed E-state index contributed by atoms with van der Waals surface area (Å²) in [4.78, 5) is 15.3. The van der Waals surface area contributed by atoms with E-state index in [0.29, 0.717) is 0 Å². The molecule has 5 aromatic rings. The molecule has 6 rings (SSSR count). The molecule has 0 saturated carbocycles. The van der Waals surface area contributed by atoms with E-state index >= 15 is 0 Å². The van der Waals surface area contributed by atoms with E-state index in [4.69, 9.17) is 0 Å². The molecule has 1 amide bonds. The van der Waals surface area contributed by atoms with Crippen LogP contribution in [0.25, 0.3) is 0 Å². The predicted octanol–water partition coefficient (Wildman–Crippen LogP) is 9.22. The lowest BCUT2D eigenvalue weighted by Gasteiger charge is -2.51. The first kappa shape index (κ1) is 27.7. The minimum Gasteiger partial charge on any atom is -0.307 e. The van der Waals surface area contributed by atoms with Crippen LogP contribution in [0.5, 0.6) is 0 Å². The fourth-order valence-corrected chi connectivity index (χ4v) is 7.61. The van der Waals surface area contributed by atoms with E-state index in [9.17, 15) is 4.79 Å². The van der Waals surface area contributed by atoms with E-state index in [1.165, 1.54) is 38.9 Å². The van der Waals surface area contributed by atoms with Crippen molar-refractivity contribution in [2.45, 2.75) is 57.4 Å². The first-order valence-electron chi connectivity index (χ1n) is 14.9. The SMILES string of the molecule is CC(=O)N1c2ccc(C(c3ccccc3)(c3ccccc3)c3ccccc3)cc2[C@@](C)(c2ccc(C)cc2)CC1(C)C. The zero-order chi connectivity index (χ0) is 29.5. The van der Waals surface area contributed by atoms with Crippen molar-refractivity contribution in [3.8, 4) is 0 Å². The molecule has 42 heavy (non-hydrogen) atoms. The standard InChI is InChI=1S/C40H39NO/c1-29-21-23-31(24-22-29)39(5)28-38(3,4)41(30(2)42)37-26-25-35(27-36(37)39)40(32-15-9-6-10-16-32,33-17-11-7-12-18-33)34-19-13-8-14-20-34/h6-27H,28H2,1-5H3/t39-/m1/s1. The number of rotatable bonds is 5. The molecule has 0 bridgehead atoms. The number of hydrogen-bond donors (Lipinski definition) is 0. The van der Waals surface area contributed by atoms with Crippen LogP contribution in [-0.2, 0) is 15.6 Å². The number of carbonyl (C=O) groups excluding carboxylic acids is 1. The van der Waals surface area contributed by atoms with Crippen LogP contribution in [0.3, 0.4) is 0 Å². The molecule has 0 aromatic heterocycles. The largest absolute Gasteiger partial charge is 0.307 e. The topological polar surface area (TPSA) is 20.3 Å². The summed E-state index contributed by atoms with van der Waals surface area (Å²) >= 11 is 0. The lowest BCUT2D eigenvalue weighted by molar-refractivity contribution is -0.117. The van der Waals surface area contributed by atoms with Crippen LogP contribution in [-0.4, -0.2) is 11.4 Å². The minimum absolute atomic E-state index is 0.0698. The van der Waals surface area contributed by atoms with Crippen molar-refractivity contribution < 1.29 is 4.79 Å². The molecule has 1 aliphatic rings. The molecule has 0 unspecified atom stereocenters. The fraction of sp³-hybridized carbons (Fsp3) is 0.225. The zero-order valence-corrected chi connectivity index (χ0v) is 25.3. The molecule has 5 aromatic carbocycles. The second-order valence-electron chi connectivity index (χ2n) is 12.6. The van der Waals surface area contributed by atoms with E-state index in [0.717, 1.165) is 12.1 Å². The molecule has 0 spiro atoms. The molecule has 0 N–H and O–H groups in total. The maximum Gasteiger partial charge on any atom is 0.224 e. The Morgan fingerprint density at radius 2 is 1.12 bits per heavy atom. The van der Waals surface area contributed by atoms with Gasteiger partial charge in [0.25, 0.3) is 0 Å². The van der Waals surface area contributed by atoms with Gasteiger partial charge in [-0.1, -0.05) is 140 Å². The summed E-state index contributed by atoms with van der Waals surface area (Å²) in [5.74, 6) is 0.0698. The zero-order valence-electron chi connectivity index (χ0n) is 25.3. The Kier molecular flexibility index (Phi) is 6.89. The van der Waals surface area contributed by atoms with Gasteiger partial charge in [0.1, 0.15) is 0 Å². The van der Waals surface area contributed by atoms with Gasteiger partial charge < -0.3 is 4.90 Å². The second-order valence-corrected chi connectivity index (χ2v) is 12.6. The number of benzene rings is 5. The summed E-state index contributed by atoms with van der Waals surface area (Å²) in [7, 11) is 0. The molecular weight excluding hydrogens is 510 g/mol. The Balaban J connectivity index is 1.72. The first-order valence-corrected chi connectivity index (χ1v) is 14.9. The molecular formula is C40H39NO. The van der Waals surface area contributed by atoms with Crippen LogP contribution in [0, 0.1) is 6.92 Å². The summed E-state index contributed by atoms with van der Waals surface area (Å²) in [5, 5.41) is 0. The van der Waals surface area contributed by atoms with E-state index in [-0.39, 0.29) is 16.9 Å². The summed E-state index contributed by atoms with van der Waals surface area (Å²) in [6, 6.07) is 48.3. The molecule has 1 heterocycles. The van der Waals surface area contributed by atoms with E-state index in [1.54, 1.807) is 6.92 Å². The number of aryl methyl sites for hydroxylation is 1. The molecule has 0 radical (unpaired) electrons. The van der Waals surface area contributed by atoms with Crippen molar-refractivity contribution in [2.75, 3.05) is 4.90 Å². The molecule has 1 aliphatic heterocycles. The highest BCUT2D eigenvalue weighted by molar-refractivity contribution is 5.95. The summed E-state index contributed by atoms with van der Waals surface area (Å²) in [5.41, 5.74) is 8.30. The van der Waals surface area contributed by atoms with Crippen molar-refractivity contribution in [3.63, 3.8) is 0 Å². The number of carbonyl (C=O) groups is 1. The monoisotopic (exact) mass is 549 g/mol. The van der Waals surface area contributed by atoms with Gasteiger partial charge in [0.2, 0.25) is 5.91 Å². The van der Waals surface area contributed by atoms with Gasteiger partial charge in [-0.3, -0.25) is 4.79 Å². The van der Waals surface area contributed by atoms with E-state index < -0.39 is 5.41 Å². The number of fused-ring (bicyclic) bond motifs is 1. The van der Waals surface area contributed by atoms with Gasteiger partial charge in [-0.25, -0.2) is 0 Å². The maximum atomic E-state index is 13.2. The van der Waals surface area contributed by atoms with Crippen LogP contribution >= 0.6 is 0 Å². The van der Waals surface area contributed by atoms with Gasteiger partial charge >= 0.3 is 0 Å². The third-order valence-electron chi connectivity index (χ3n) is 9.28. The lowest BCUT2D eigenvalue weighted by atomic mass is 9.61. The summed E-state index contributed by atoms with van der Waals surface area (Å²) < 4.78 is 0. The quantitative estimate of drug-likeness (QED) is 0.200. The van der Waals surface area contributed by atoms with Crippen molar-refractivity contribution in [1.29, 1.82) is 0 Å². The Bertz CT molecular complexity index is 1610. The van der Waals surface area contributed by atoms with Crippen LogP contribution in [0.1, 0.15) is 73.1 Å². The van der Waals surface area contributed by atoms with Crippen molar-refractivity contribution >= 4 is 11.6 Å². The Morgan fingerprint density at radius 1 is 0.643 bits per heavy atom. The number of hydrogen-bond acceptors (Lipinski definition) is 1. The molecule has 1 atom stereocenters. The van der Waals surface area contributed by atoms with Crippen LogP contribution in [0.15, 0.2) is 133 Å². The Labute approximate surface area is 250 Å². The normalized spacial score (nSPS) is 17.9. The van der Waals surface area contributed by atoms with Crippen molar-refractivity contribution in [2.24, 2.45) is 0 Å². The van der Waals surface area contributed by atoms with Gasteiger partial charge in [0, 0.05) is 23.6 Å². The van der Waals surface area contributed by atoms with Gasteiger partial charge in [0.05, 0.1) is 5.41 Å². The van der Waals surface area contributed by atoms with E-state index in [2.05, 4.69) is 161 Å². The smallest absolute Gasteiger partial charge is 0.224 e. The Morgan fingerprint density at radius 3 is 1.57 bits per heavy atom. The van der Waals surface area contributed by atoms with Crippen molar-refractivity contribution in [3.05, 3.63) is 172 Å². The number of nitrogens with zero attached hydrogens (tertiary/aromatic N) is 1. The number of amides is 1. The lowest BCUT2D eigenvalue weighted by Crippen LogP contribution is -2.55. The summed E-state index contributed by atoms with van der Waals surface area (Å²) in [6.45, 7) is 10.6. The molecule has 210 valence electrons. The molecule has 0 saturated heterocycles. The highest BCUT2D eigenvalue weighted by Gasteiger charge is 2.48. The van der Waals surface area contributed by atoms with Gasteiger partial charge in [-0.2, -0.15) is 0 Å². The number of anilines is 1. The molecule has 2 nitrogen and oxygen atoms in total. The molecule has 0 aliphatic carbocycles. The average molecular weight is 550 g/mol. The fourth-order valence-electron chi connectivity index (χ4n) is 7.61. The van der Waals surface area contributed by atoms with Crippen LogP contribution < -0.4 is 4.90 Å². The second kappa shape index (κ2) is 10.4. The average Bonchev–Trinajstić information content (AvgIpc) is 2.99. The predicted molar refractivity (Wildman–Crippen MR) is 174 cm³/mol. The van der Waals surface area contributed by atoms with Gasteiger partial charge in [-0.15, -0.1) is 0 Å². The third kappa shape index (κ3) is 4.38. The van der Waals surface area contributed by atoms with E-state index in [1.807, 2.05) is 4.90 Å². The van der Waals surface area contributed by atoms with Crippen molar-refractivity contribution in [1.82, 2.24) is 0 Å².